The van der Waals surface area contributed by atoms with Gasteiger partial charge in [-0.05, 0) is 37.8 Å². The molecule has 2 N–H and O–H groups in total. The molecule has 0 saturated carbocycles. The summed E-state index contributed by atoms with van der Waals surface area (Å²) >= 11 is 0. The lowest BCUT2D eigenvalue weighted by Gasteiger charge is -2.32. The summed E-state index contributed by atoms with van der Waals surface area (Å²) in [6.07, 6.45) is 0.871. The average Bonchev–Trinajstić information content (AvgIpc) is 2.53. The molecule has 1 heterocycles. The molecule has 1 amide bonds. The van der Waals surface area contributed by atoms with Crippen LogP contribution in [0.25, 0.3) is 0 Å². The number of likely N-dealkylation sites (tertiary alicyclic amines) is 1. The Balaban J connectivity index is 1.94. The summed E-state index contributed by atoms with van der Waals surface area (Å²) in [5.41, 5.74) is 0.628. The van der Waals surface area contributed by atoms with Crippen molar-refractivity contribution in [3.63, 3.8) is 0 Å². The zero-order valence-corrected chi connectivity index (χ0v) is 14.1. The van der Waals surface area contributed by atoms with Crippen LogP contribution >= 0.6 is 0 Å². The van der Waals surface area contributed by atoms with Crippen LogP contribution in [0, 0.1) is 5.92 Å². The molecule has 1 fully saturated rings. The Morgan fingerprint density at radius 2 is 2.09 bits per heavy atom. The topological polar surface area (TPSA) is 86.7 Å². The highest BCUT2D eigenvalue weighted by Crippen LogP contribution is 2.20. The third kappa shape index (κ3) is 5.60. The normalized spacial score (nSPS) is 20.3. The minimum atomic E-state index is -3.44. The summed E-state index contributed by atoms with van der Waals surface area (Å²) < 4.78 is 26.4. The van der Waals surface area contributed by atoms with E-state index in [1.165, 1.54) is 6.92 Å². The van der Waals surface area contributed by atoms with Crippen molar-refractivity contribution < 1.29 is 18.3 Å². The Labute approximate surface area is 137 Å². The van der Waals surface area contributed by atoms with Crippen molar-refractivity contribution in [3.8, 4) is 0 Å². The molecule has 2 atom stereocenters. The quantitative estimate of drug-likeness (QED) is 0.803. The smallest absolute Gasteiger partial charge is 0.253 e. The largest absolute Gasteiger partial charge is 0.392 e. The molecule has 1 aromatic carbocycles. The standard InChI is InChI=1S/C16H24N2O4S/c1-13(19)10-17-23(21,22)12-14-6-5-9-18(11-14)16(20)15-7-3-2-4-8-15/h2-4,7-8,13-14,17,19H,5-6,9-12H2,1H3. The van der Waals surface area contributed by atoms with E-state index in [9.17, 15) is 18.3 Å². The average molecular weight is 340 g/mol. The minimum absolute atomic E-state index is 0.0156. The maximum atomic E-state index is 12.5. The number of piperidine rings is 1. The van der Waals surface area contributed by atoms with Crippen LogP contribution in [0.4, 0.5) is 0 Å². The summed E-state index contributed by atoms with van der Waals surface area (Å²) in [6.45, 7) is 2.65. The fraction of sp³-hybridized carbons (Fsp3) is 0.562. The van der Waals surface area contributed by atoms with Crippen LogP contribution in [0.15, 0.2) is 30.3 Å². The van der Waals surface area contributed by atoms with Gasteiger partial charge in [0, 0.05) is 25.2 Å². The number of carbonyl (C=O) groups excluding carboxylic acids is 1. The molecular weight excluding hydrogens is 316 g/mol. The zero-order chi connectivity index (χ0) is 16.9. The van der Waals surface area contributed by atoms with E-state index in [1.807, 2.05) is 18.2 Å². The molecule has 0 bridgehead atoms. The highest BCUT2D eigenvalue weighted by atomic mass is 32.2. The second-order valence-corrected chi connectivity index (χ2v) is 7.96. The Bertz CT molecular complexity index is 616. The van der Waals surface area contributed by atoms with Crippen LogP contribution in [0.3, 0.4) is 0 Å². The van der Waals surface area contributed by atoms with Crippen molar-refractivity contribution >= 4 is 15.9 Å². The highest BCUT2D eigenvalue weighted by Gasteiger charge is 2.28. The molecule has 0 spiro atoms. The number of sulfonamides is 1. The number of hydrogen-bond donors (Lipinski definition) is 2. The van der Waals surface area contributed by atoms with Crippen molar-refractivity contribution in [1.82, 2.24) is 9.62 Å². The van der Waals surface area contributed by atoms with Gasteiger partial charge in [0.15, 0.2) is 0 Å². The molecule has 1 aromatic rings. The van der Waals surface area contributed by atoms with E-state index in [4.69, 9.17) is 0 Å². The molecule has 1 aliphatic heterocycles. The van der Waals surface area contributed by atoms with Gasteiger partial charge in [0.25, 0.3) is 5.91 Å². The SMILES string of the molecule is CC(O)CNS(=O)(=O)CC1CCCN(C(=O)c2ccccc2)C1. The molecule has 7 heteroatoms. The van der Waals surface area contributed by atoms with Crippen molar-refractivity contribution in [2.45, 2.75) is 25.9 Å². The molecule has 0 aromatic heterocycles. The first-order chi connectivity index (χ1) is 10.9. The van der Waals surface area contributed by atoms with Crippen molar-refractivity contribution in [3.05, 3.63) is 35.9 Å². The van der Waals surface area contributed by atoms with E-state index >= 15 is 0 Å². The van der Waals surface area contributed by atoms with Gasteiger partial charge in [-0.25, -0.2) is 13.1 Å². The number of aliphatic hydroxyl groups excluding tert-OH is 1. The minimum Gasteiger partial charge on any atom is -0.392 e. The van der Waals surface area contributed by atoms with Crippen LogP contribution in [0.1, 0.15) is 30.1 Å². The molecule has 2 unspecified atom stereocenters. The maximum absolute atomic E-state index is 12.5. The van der Waals surface area contributed by atoms with E-state index in [1.54, 1.807) is 17.0 Å². The summed E-state index contributed by atoms with van der Waals surface area (Å²) in [4.78, 5) is 14.2. The molecule has 128 valence electrons. The van der Waals surface area contributed by atoms with Gasteiger partial charge in [-0.3, -0.25) is 4.79 Å². The van der Waals surface area contributed by atoms with Crippen LogP contribution in [0.5, 0.6) is 0 Å². The van der Waals surface area contributed by atoms with Gasteiger partial charge in [0.2, 0.25) is 10.0 Å². The van der Waals surface area contributed by atoms with E-state index in [0.717, 1.165) is 12.8 Å². The van der Waals surface area contributed by atoms with E-state index in [2.05, 4.69) is 4.72 Å². The van der Waals surface area contributed by atoms with Crippen LogP contribution < -0.4 is 4.72 Å². The molecule has 0 aliphatic carbocycles. The lowest BCUT2D eigenvalue weighted by atomic mass is 9.99. The van der Waals surface area contributed by atoms with Gasteiger partial charge in [-0.2, -0.15) is 0 Å². The third-order valence-corrected chi connectivity index (χ3v) is 5.40. The number of carbonyl (C=O) groups is 1. The molecule has 23 heavy (non-hydrogen) atoms. The van der Waals surface area contributed by atoms with E-state index in [-0.39, 0.29) is 24.1 Å². The van der Waals surface area contributed by atoms with Gasteiger partial charge in [0.05, 0.1) is 11.9 Å². The predicted molar refractivity (Wildman–Crippen MR) is 88.5 cm³/mol. The van der Waals surface area contributed by atoms with Gasteiger partial charge in [0.1, 0.15) is 0 Å². The third-order valence-electron chi connectivity index (χ3n) is 3.88. The number of nitrogens with one attached hydrogen (secondary N) is 1. The second-order valence-electron chi connectivity index (χ2n) is 6.10. The Morgan fingerprint density at radius 3 is 2.74 bits per heavy atom. The van der Waals surface area contributed by atoms with Crippen molar-refractivity contribution in [1.29, 1.82) is 0 Å². The maximum Gasteiger partial charge on any atom is 0.253 e. The van der Waals surface area contributed by atoms with Crippen molar-refractivity contribution in [2.24, 2.45) is 5.92 Å². The van der Waals surface area contributed by atoms with Gasteiger partial charge in [-0.1, -0.05) is 18.2 Å². The summed E-state index contributed by atoms with van der Waals surface area (Å²) in [6, 6.07) is 9.04. The van der Waals surface area contributed by atoms with Gasteiger partial charge in [-0.15, -0.1) is 0 Å². The molecule has 2 rings (SSSR count). The lowest BCUT2D eigenvalue weighted by Crippen LogP contribution is -2.43. The molecule has 1 aliphatic rings. The van der Waals surface area contributed by atoms with E-state index in [0.29, 0.717) is 18.7 Å². The zero-order valence-electron chi connectivity index (χ0n) is 13.3. The first-order valence-electron chi connectivity index (χ1n) is 7.87. The summed E-state index contributed by atoms with van der Waals surface area (Å²) in [5, 5.41) is 9.18. The fourth-order valence-electron chi connectivity index (χ4n) is 2.77. The van der Waals surface area contributed by atoms with Crippen LogP contribution in [-0.4, -0.2) is 55.8 Å². The van der Waals surface area contributed by atoms with Crippen LogP contribution in [0.2, 0.25) is 0 Å². The Kier molecular flexibility index (Phi) is 6.15. The Hall–Kier alpha value is -1.44. The number of nitrogens with zero attached hydrogens (tertiary/aromatic N) is 1. The first-order valence-corrected chi connectivity index (χ1v) is 9.52. The Morgan fingerprint density at radius 1 is 1.39 bits per heavy atom. The molecular formula is C16H24N2O4S. The first kappa shape index (κ1) is 17.9. The van der Waals surface area contributed by atoms with Crippen molar-refractivity contribution in [2.75, 3.05) is 25.4 Å². The molecule has 0 radical (unpaired) electrons. The number of hydrogen-bond acceptors (Lipinski definition) is 4. The van der Waals surface area contributed by atoms with Crippen LogP contribution in [-0.2, 0) is 10.0 Å². The number of benzene rings is 1. The number of rotatable bonds is 6. The molecule has 1 saturated heterocycles. The predicted octanol–water partition coefficient (Wildman–Crippen LogP) is 0.839. The summed E-state index contributed by atoms with van der Waals surface area (Å²) in [5.74, 6) is -0.147. The van der Waals surface area contributed by atoms with E-state index < -0.39 is 16.1 Å². The summed E-state index contributed by atoms with van der Waals surface area (Å²) in [7, 11) is -3.44. The number of aliphatic hydroxyl groups is 1. The van der Waals surface area contributed by atoms with Gasteiger partial charge >= 0.3 is 0 Å². The second kappa shape index (κ2) is 7.90. The number of amides is 1. The molecule has 6 nitrogen and oxygen atoms in total. The highest BCUT2D eigenvalue weighted by molar-refractivity contribution is 7.89. The fourth-order valence-corrected chi connectivity index (χ4v) is 4.27. The lowest BCUT2D eigenvalue weighted by molar-refractivity contribution is 0.0684. The van der Waals surface area contributed by atoms with Gasteiger partial charge < -0.3 is 10.0 Å². The monoisotopic (exact) mass is 340 g/mol.